The quantitative estimate of drug-likeness (QED) is 0.130. The van der Waals surface area contributed by atoms with Gasteiger partial charge in [0.05, 0.1) is 21.6 Å². The largest absolute Gasteiger partial charge is 0.416 e. The van der Waals surface area contributed by atoms with Crippen molar-refractivity contribution in [3.05, 3.63) is 94.0 Å². The first kappa shape index (κ1) is 30.7. The first-order valence-electron chi connectivity index (χ1n) is 13.0. The molecule has 1 saturated heterocycles. The summed E-state index contributed by atoms with van der Waals surface area (Å²) in [6, 6.07) is 18.3. The van der Waals surface area contributed by atoms with Crippen LogP contribution >= 0.6 is 34.7 Å². The Morgan fingerprint density at radius 1 is 1.05 bits per heavy atom. The van der Waals surface area contributed by atoms with Gasteiger partial charge in [-0.3, -0.25) is 4.79 Å². The van der Waals surface area contributed by atoms with E-state index < -0.39 is 27.8 Å². The molecule has 0 radical (unpaired) electrons. The molecule has 1 fully saturated rings. The number of Topliss-reactive ketones (excluding diaryl/α,β-unsaturated/α-hetero) is 1. The maximum atomic E-state index is 13.3. The number of hydrogen-bond donors (Lipinski definition) is 0. The van der Waals surface area contributed by atoms with Crippen LogP contribution in [0.25, 0.3) is 11.3 Å². The van der Waals surface area contributed by atoms with Crippen LogP contribution in [-0.2, 0) is 33.2 Å². The van der Waals surface area contributed by atoms with Crippen LogP contribution in [0, 0.1) is 0 Å². The zero-order valence-corrected chi connectivity index (χ0v) is 25.3. The van der Waals surface area contributed by atoms with Crippen molar-refractivity contribution in [2.45, 2.75) is 53.0 Å². The molecule has 42 heavy (non-hydrogen) atoms. The van der Waals surface area contributed by atoms with Crippen molar-refractivity contribution in [1.29, 1.82) is 0 Å². The van der Waals surface area contributed by atoms with Gasteiger partial charge in [-0.1, -0.05) is 65.8 Å². The van der Waals surface area contributed by atoms with E-state index in [1.54, 1.807) is 6.07 Å². The molecular formula is C29H25ClF3N3O3S3. The van der Waals surface area contributed by atoms with Gasteiger partial charge in [0.25, 0.3) is 10.0 Å². The number of alkyl halides is 3. The molecule has 1 aliphatic rings. The predicted octanol–water partition coefficient (Wildman–Crippen LogP) is 7.52. The van der Waals surface area contributed by atoms with Gasteiger partial charge >= 0.3 is 6.18 Å². The molecule has 13 heteroatoms. The average molecular weight is 652 g/mol. The lowest BCUT2D eigenvalue weighted by atomic mass is 10.0. The van der Waals surface area contributed by atoms with Crippen molar-refractivity contribution in [2.75, 3.05) is 6.54 Å². The fraction of sp³-hybridized carbons (Fsp3) is 0.276. The lowest BCUT2D eigenvalue weighted by Crippen LogP contribution is -2.40. The summed E-state index contributed by atoms with van der Waals surface area (Å²) in [7, 11) is -3.85. The minimum Gasteiger partial charge on any atom is -0.298 e. The minimum atomic E-state index is -4.45. The Labute approximate surface area is 255 Å². The Hall–Kier alpha value is -2.77. The Bertz CT molecular complexity index is 1660. The number of halogens is 4. The highest BCUT2D eigenvalue weighted by Crippen LogP contribution is 2.34. The van der Waals surface area contributed by atoms with Crippen LogP contribution in [0.2, 0.25) is 4.34 Å². The summed E-state index contributed by atoms with van der Waals surface area (Å²) in [4.78, 5) is 22.5. The molecular weight excluding hydrogens is 627 g/mol. The molecule has 3 heterocycles. The highest BCUT2D eigenvalue weighted by atomic mass is 35.5. The number of benzene rings is 2. The molecule has 0 N–H and O–H groups in total. The highest BCUT2D eigenvalue weighted by Gasteiger charge is 2.39. The van der Waals surface area contributed by atoms with Crippen molar-refractivity contribution in [1.82, 2.24) is 14.3 Å². The molecule has 2 aromatic carbocycles. The van der Waals surface area contributed by atoms with Gasteiger partial charge < -0.3 is 0 Å². The van der Waals surface area contributed by atoms with E-state index >= 15 is 0 Å². The molecule has 4 aromatic rings. The number of aryl methyl sites for hydroxylation is 1. The zero-order valence-electron chi connectivity index (χ0n) is 22.1. The van der Waals surface area contributed by atoms with Crippen molar-refractivity contribution >= 4 is 50.5 Å². The standard InChI is InChI=1S/C29H25ClF3N3O3S3/c30-26-14-15-27(41-26)42(38,39)36-16-4-7-24(36)25(37)13-12-22-17-23(20-8-10-21(11-9-20)29(31,32)33)35-28(34-22)40-18-19-5-2-1-3-6-19/h1-3,5-6,8-11,14-15,17,24H,4,7,12-13,16,18H2/t24-/m0/s1. The maximum Gasteiger partial charge on any atom is 0.416 e. The number of aromatic nitrogens is 2. The van der Waals surface area contributed by atoms with Gasteiger partial charge in [0, 0.05) is 30.0 Å². The summed E-state index contributed by atoms with van der Waals surface area (Å²) in [6.07, 6.45) is -3.18. The monoisotopic (exact) mass is 651 g/mol. The number of thiophene rings is 1. The first-order valence-corrected chi connectivity index (χ1v) is 16.6. The Morgan fingerprint density at radius 3 is 2.45 bits per heavy atom. The molecule has 1 atom stereocenters. The summed E-state index contributed by atoms with van der Waals surface area (Å²) in [6.45, 7) is 0.250. The van der Waals surface area contributed by atoms with Gasteiger partial charge in [0.15, 0.2) is 10.9 Å². The smallest absolute Gasteiger partial charge is 0.298 e. The fourth-order valence-corrected chi connectivity index (χ4v) is 8.81. The van der Waals surface area contributed by atoms with E-state index in [-0.39, 0.29) is 29.4 Å². The van der Waals surface area contributed by atoms with Gasteiger partial charge in [-0.2, -0.15) is 17.5 Å². The molecule has 0 amide bonds. The number of ketones is 1. The van der Waals surface area contributed by atoms with Gasteiger partial charge in [-0.15, -0.1) is 11.3 Å². The van der Waals surface area contributed by atoms with Gasteiger partial charge in [0.2, 0.25) is 0 Å². The molecule has 0 saturated carbocycles. The van der Waals surface area contributed by atoms with E-state index in [2.05, 4.69) is 9.97 Å². The van der Waals surface area contributed by atoms with E-state index in [9.17, 15) is 26.4 Å². The number of carbonyl (C=O) groups excluding carboxylic acids is 1. The SMILES string of the molecule is O=C(CCc1cc(-c2ccc(C(F)(F)F)cc2)nc(SCc2ccccc2)n1)[C@@H]1CCCN1S(=O)(=O)c1ccc(Cl)s1. The van der Waals surface area contributed by atoms with Crippen LogP contribution in [0.15, 0.2) is 82.2 Å². The third kappa shape index (κ3) is 7.23. The second-order valence-electron chi connectivity index (χ2n) is 9.68. The Morgan fingerprint density at radius 2 is 1.79 bits per heavy atom. The molecule has 6 nitrogen and oxygen atoms in total. The van der Waals surface area contributed by atoms with Crippen LogP contribution < -0.4 is 0 Å². The molecule has 0 spiro atoms. The van der Waals surface area contributed by atoms with Crippen molar-refractivity contribution in [3.63, 3.8) is 0 Å². The summed E-state index contributed by atoms with van der Waals surface area (Å²) < 4.78 is 67.4. The van der Waals surface area contributed by atoms with Crippen LogP contribution in [0.5, 0.6) is 0 Å². The lowest BCUT2D eigenvalue weighted by Gasteiger charge is -2.22. The van der Waals surface area contributed by atoms with Crippen LogP contribution in [-0.4, -0.2) is 41.1 Å². The van der Waals surface area contributed by atoms with Crippen molar-refractivity contribution < 1.29 is 26.4 Å². The highest BCUT2D eigenvalue weighted by molar-refractivity contribution is 7.98. The third-order valence-corrected chi connectivity index (χ3v) is 11.3. The van der Waals surface area contributed by atoms with E-state index in [1.165, 1.54) is 40.3 Å². The fourth-order valence-electron chi connectivity index (χ4n) is 4.69. The number of rotatable bonds is 10. The Kier molecular flexibility index (Phi) is 9.38. The van der Waals surface area contributed by atoms with E-state index in [1.807, 2.05) is 30.3 Å². The molecule has 2 aromatic heterocycles. The summed E-state index contributed by atoms with van der Waals surface area (Å²) in [5.41, 5.74) is 1.77. The molecule has 5 rings (SSSR count). The summed E-state index contributed by atoms with van der Waals surface area (Å²) in [5, 5.41) is 0.429. The van der Waals surface area contributed by atoms with Crippen LogP contribution in [0.3, 0.4) is 0 Å². The van der Waals surface area contributed by atoms with Crippen LogP contribution in [0.4, 0.5) is 13.2 Å². The molecule has 1 aliphatic heterocycles. The second-order valence-corrected chi connectivity index (χ2v) is 14.5. The topological polar surface area (TPSA) is 80.2 Å². The van der Waals surface area contributed by atoms with E-state index in [0.29, 0.717) is 45.0 Å². The lowest BCUT2D eigenvalue weighted by molar-refractivity contribution is -0.137. The van der Waals surface area contributed by atoms with Gasteiger partial charge in [-0.25, -0.2) is 18.4 Å². The maximum absolute atomic E-state index is 13.3. The van der Waals surface area contributed by atoms with E-state index in [4.69, 9.17) is 11.6 Å². The molecule has 0 aliphatic carbocycles. The zero-order chi connectivity index (χ0) is 29.9. The third-order valence-electron chi connectivity index (χ3n) is 6.79. The predicted molar refractivity (Wildman–Crippen MR) is 158 cm³/mol. The van der Waals surface area contributed by atoms with Crippen LogP contribution in [0.1, 0.15) is 36.1 Å². The molecule has 220 valence electrons. The number of nitrogens with zero attached hydrogens (tertiary/aromatic N) is 3. The Balaban J connectivity index is 1.36. The summed E-state index contributed by atoms with van der Waals surface area (Å²) >= 11 is 8.29. The number of sulfonamides is 1. The van der Waals surface area contributed by atoms with Crippen molar-refractivity contribution in [3.8, 4) is 11.3 Å². The van der Waals surface area contributed by atoms with E-state index in [0.717, 1.165) is 29.0 Å². The summed E-state index contributed by atoms with van der Waals surface area (Å²) in [5.74, 6) is 0.365. The minimum absolute atomic E-state index is 0.0497. The molecule has 0 unspecified atom stereocenters. The molecule has 0 bridgehead atoms. The second kappa shape index (κ2) is 12.8. The number of hydrogen-bond acceptors (Lipinski definition) is 7. The van der Waals surface area contributed by atoms with Crippen molar-refractivity contribution in [2.24, 2.45) is 0 Å². The normalized spacial score (nSPS) is 16.1. The first-order chi connectivity index (χ1) is 20.0. The van der Waals surface area contributed by atoms with Gasteiger partial charge in [0.1, 0.15) is 4.21 Å². The average Bonchev–Trinajstić information content (AvgIpc) is 3.65. The number of thioether (sulfide) groups is 1. The number of carbonyl (C=O) groups is 1. The van der Waals surface area contributed by atoms with Gasteiger partial charge in [-0.05, 0) is 55.2 Å².